The number of aryl methyl sites for hydroxylation is 2. The van der Waals surface area contributed by atoms with Crippen molar-refractivity contribution in [3.8, 4) is 0 Å². The third kappa shape index (κ3) is 5.46. The van der Waals surface area contributed by atoms with Crippen molar-refractivity contribution in [3.05, 3.63) is 77.9 Å². The highest BCUT2D eigenvalue weighted by molar-refractivity contribution is 8.01. The number of amides is 3. The molecule has 0 spiro atoms. The minimum atomic E-state index is -0.300. The molecule has 8 heteroatoms. The first kappa shape index (κ1) is 21.9. The van der Waals surface area contributed by atoms with Crippen molar-refractivity contribution in [1.29, 1.82) is 0 Å². The van der Waals surface area contributed by atoms with E-state index in [2.05, 4.69) is 20.9 Å². The smallest absolute Gasteiger partial charge is 0.323 e. The molecule has 3 amide bonds. The maximum atomic E-state index is 12.3. The quantitative estimate of drug-likeness (QED) is 0.294. The van der Waals surface area contributed by atoms with E-state index in [9.17, 15) is 9.59 Å². The van der Waals surface area contributed by atoms with Crippen molar-refractivity contribution in [3.63, 3.8) is 0 Å². The summed E-state index contributed by atoms with van der Waals surface area (Å²) in [5, 5.41) is 8.65. The molecule has 0 saturated heterocycles. The summed E-state index contributed by atoms with van der Waals surface area (Å²) in [6, 6.07) is 20.6. The Labute approximate surface area is 194 Å². The van der Waals surface area contributed by atoms with Crippen LogP contribution in [0.1, 0.15) is 11.1 Å². The van der Waals surface area contributed by atoms with Crippen LogP contribution in [-0.2, 0) is 4.79 Å². The molecule has 0 bridgehead atoms. The van der Waals surface area contributed by atoms with E-state index in [1.165, 1.54) is 23.1 Å². The Bertz CT molecular complexity index is 1290. The summed E-state index contributed by atoms with van der Waals surface area (Å²) in [5.74, 6) is 0.205. The summed E-state index contributed by atoms with van der Waals surface area (Å²) >= 11 is 2.89. The normalized spacial score (nSPS) is 10.7. The Kier molecular flexibility index (Phi) is 6.72. The van der Waals surface area contributed by atoms with E-state index in [1.807, 2.05) is 80.6 Å². The van der Waals surface area contributed by atoms with Crippen LogP contribution in [-0.4, -0.2) is 22.7 Å². The molecule has 6 nitrogen and oxygen atoms in total. The van der Waals surface area contributed by atoms with Crippen LogP contribution in [0.3, 0.4) is 0 Å². The molecule has 4 aromatic rings. The van der Waals surface area contributed by atoms with Gasteiger partial charge >= 0.3 is 6.03 Å². The predicted octanol–water partition coefficient (Wildman–Crippen LogP) is 6.29. The number of fused-ring (bicyclic) bond motifs is 1. The molecule has 0 fully saturated rings. The third-order valence-electron chi connectivity index (χ3n) is 4.77. The zero-order valence-electron chi connectivity index (χ0n) is 17.6. The standard InChI is InChI=1S/C24H22N4O2S2/c1-15-7-3-5-9-18(15)26-22(29)14-31-24-28-20-12-11-17(13-21(20)32-24)25-23(30)27-19-10-6-4-8-16(19)2/h3-13H,14H2,1-2H3,(H,26,29)(H2,25,27,30). The summed E-state index contributed by atoms with van der Waals surface area (Å²) < 4.78 is 1.75. The first-order valence-corrected chi connectivity index (χ1v) is 11.8. The van der Waals surface area contributed by atoms with Gasteiger partial charge in [0.2, 0.25) is 5.91 Å². The number of benzene rings is 3. The van der Waals surface area contributed by atoms with Crippen molar-refractivity contribution >= 4 is 62.3 Å². The Balaban J connectivity index is 1.36. The highest BCUT2D eigenvalue weighted by atomic mass is 32.2. The van der Waals surface area contributed by atoms with Crippen LogP contribution in [0, 0.1) is 13.8 Å². The molecule has 162 valence electrons. The molecular weight excluding hydrogens is 440 g/mol. The second kappa shape index (κ2) is 9.84. The van der Waals surface area contributed by atoms with Crippen molar-refractivity contribution in [2.75, 3.05) is 21.7 Å². The fourth-order valence-electron chi connectivity index (χ4n) is 3.07. The highest BCUT2D eigenvalue weighted by Crippen LogP contribution is 2.31. The molecule has 0 aliphatic carbocycles. The number of nitrogens with zero attached hydrogens (tertiary/aromatic N) is 1. The largest absolute Gasteiger partial charge is 0.325 e. The zero-order chi connectivity index (χ0) is 22.5. The summed E-state index contributed by atoms with van der Waals surface area (Å²) in [7, 11) is 0. The number of carbonyl (C=O) groups is 2. The van der Waals surface area contributed by atoms with Gasteiger partial charge in [0.1, 0.15) is 0 Å². The average molecular weight is 463 g/mol. The van der Waals surface area contributed by atoms with Gasteiger partial charge in [-0.15, -0.1) is 11.3 Å². The lowest BCUT2D eigenvalue weighted by Crippen LogP contribution is -2.19. The van der Waals surface area contributed by atoms with Gasteiger partial charge in [-0.05, 0) is 55.3 Å². The molecule has 1 aromatic heterocycles. The zero-order valence-corrected chi connectivity index (χ0v) is 19.3. The summed E-state index contributed by atoms with van der Waals surface area (Å²) in [6.07, 6.45) is 0. The Morgan fingerprint density at radius 2 is 1.53 bits per heavy atom. The van der Waals surface area contributed by atoms with Gasteiger partial charge in [-0.3, -0.25) is 4.79 Å². The fraction of sp³-hybridized carbons (Fsp3) is 0.125. The van der Waals surface area contributed by atoms with Crippen molar-refractivity contribution in [2.45, 2.75) is 18.2 Å². The van der Waals surface area contributed by atoms with E-state index in [0.29, 0.717) is 5.69 Å². The monoisotopic (exact) mass is 462 g/mol. The molecule has 0 saturated carbocycles. The lowest BCUT2D eigenvalue weighted by Gasteiger charge is -2.09. The van der Waals surface area contributed by atoms with Gasteiger partial charge < -0.3 is 16.0 Å². The number of para-hydroxylation sites is 2. The van der Waals surface area contributed by atoms with Gasteiger partial charge in [-0.2, -0.15) is 0 Å². The van der Waals surface area contributed by atoms with Gasteiger partial charge in [-0.1, -0.05) is 48.2 Å². The number of carbonyl (C=O) groups excluding carboxylic acids is 2. The number of nitrogens with one attached hydrogen (secondary N) is 3. The number of aromatic nitrogens is 1. The maximum Gasteiger partial charge on any atom is 0.323 e. The number of rotatable bonds is 6. The lowest BCUT2D eigenvalue weighted by molar-refractivity contribution is -0.113. The van der Waals surface area contributed by atoms with Gasteiger partial charge in [0.05, 0.1) is 16.0 Å². The Hall–Kier alpha value is -3.36. The molecule has 0 atom stereocenters. The van der Waals surface area contributed by atoms with Crippen LogP contribution < -0.4 is 16.0 Å². The Morgan fingerprint density at radius 3 is 2.22 bits per heavy atom. The summed E-state index contributed by atoms with van der Waals surface area (Å²) in [4.78, 5) is 29.2. The molecule has 0 radical (unpaired) electrons. The first-order valence-electron chi connectivity index (χ1n) is 10.0. The van der Waals surface area contributed by atoms with E-state index < -0.39 is 0 Å². The molecule has 0 unspecified atom stereocenters. The van der Waals surface area contributed by atoms with Crippen LogP contribution in [0.15, 0.2) is 71.1 Å². The van der Waals surface area contributed by atoms with E-state index in [0.717, 1.165) is 37.1 Å². The maximum absolute atomic E-state index is 12.3. The molecular formula is C24H22N4O2S2. The van der Waals surface area contributed by atoms with Crippen LogP contribution in [0.4, 0.5) is 21.9 Å². The summed E-state index contributed by atoms with van der Waals surface area (Å²) in [6.45, 7) is 3.91. The molecule has 0 aliphatic heterocycles. The number of hydrogen-bond acceptors (Lipinski definition) is 5. The minimum absolute atomic E-state index is 0.0706. The summed E-state index contributed by atoms with van der Waals surface area (Å²) in [5.41, 5.74) is 5.13. The van der Waals surface area contributed by atoms with E-state index in [1.54, 1.807) is 0 Å². The van der Waals surface area contributed by atoms with Gasteiger partial charge in [-0.25, -0.2) is 9.78 Å². The Morgan fingerprint density at radius 1 is 0.875 bits per heavy atom. The van der Waals surface area contributed by atoms with Crippen LogP contribution in [0.2, 0.25) is 0 Å². The molecule has 4 rings (SSSR count). The molecule has 0 aliphatic rings. The lowest BCUT2D eigenvalue weighted by atomic mass is 10.2. The van der Waals surface area contributed by atoms with E-state index >= 15 is 0 Å². The van der Waals surface area contributed by atoms with E-state index in [-0.39, 0.29) is 17.7 Å². The minimum Gasteiger partial charge on any atom is -0.325 e. The first-order chi connectivity index (χ1) is 15.5. The second-order valence-electron chi connectivity index (χ2n) is 7.21. The van der Waals surface area contributed by atoms with Crippen molar-refractivity contribution in [2.24, 2.45) is 0 Å². The molecule has 32 heavy (non-hydrogen) atoms. The number of urea groups is 1. The van der Waals surface area contributed by atoms with Crippen molar-refractivity contribution in [1.82, 2.24) is 4.98 Å². The van der Waals surface area contributed by atoms with Gasteiger partial charge in [0, 0.05) is 17.1 Å². The van der Waals surface area contributed by atoms with E-state index in [4.69, 9.17) is 0 Å². The van der Waals surface area contributed by atoms with Crippen LogP contribution in [0.25, 0.3) is 10.2 Å². The number of anilines is 3. The van der Waals surface area contributed by atoms with Crippen molar-refractivity contribution < 1.29 is 9.59 Å². The predicted molar refractivity (Wildman–Crippen MR) is 134 cm³/mol. The molecule has 3 N–H and O–H groups in total. The third-order valence-corrected chi connectivity index (χ3v) is 6.93. The highest BCUT2D eigenvalue weighted by Gasteiger charge is 2.11. The van der Waals surface area contributed by atoms with Gasteiger partial charge in [0.15, 0.2) is 4.34 Å². The molecule has 3 aromatic carbocycles. The number of thioether (sulfide) groups is 1. The average Bonchev–Trinajstić information content (AvgIpc) is 3.18. The van der Waals surface area contributed by atoms with Crippen LogP contribution in [0.5, 0.6) is 0 Å². The number of thiazole rings is 1. The van der Waals surface area contributed by atoms with Crippen LogP contribution >= 0.6 is 23.1 Å². The second-order valence-corrected chi connectivity index (χ2v) is 9.46. The number of hydrogen-bond donors (Lipinski definition) is 3. The topological polar surface area (TPSA) is 83.1 Å². The molecule has 1 heterocycles. The fourth-order valence-corrected chi connectivity index (χ4v) is 4.98. The SMILES string of the molecule is Cc1ccccc1NC(=O)CSc1nc2ccc(NC(=O)Nc3ccccc3C)cc2s1. The van der Waals surface area contributed by atoms with Gasteiger partial charge in [0.25, 0.3) is 0 Å².